The van der Waals surface area contributed by atoms with Crippen molar-refractivity contribution in [3.8, 4) is 0 Å². The first kappa shape index (κ1) is 14.8. The fraction of sp³-hybridized carbons (Fsp3) is 0.538. The van der Waals surface area contributed by atoms with E-state index >= 15 is 0 Å². The molecular weight excluding hydrogens is 250 g/mol. The van der Waals surface area contributed by atoms with Crippen LogP contribution in [0.25, 0.3) is 0 Å². The molecule has 1 amide bonds. The molecule has 0 aliphatic rings. The predicted molar refractivity (Wildman–Crippen MR) is 74.7 cm³/mol. The molecule has 0 fully saturated rings. The third-order valence-electron chi connectivity index (χ3n) is 2.94. The number of nitrogens with two attached hydrogens (primary N) is 1. The Hall–Kier alpha value is -1.29. The minimum absolute atomic E-state index is 0.102. The van der Waals surface area contributed by atoms with E-state index in [-0.39, 0.29) is 17.1 Å². The molecule has 0 aliphatic heterocycles. The van der Waals surface area contributed by atoms with E-state index in [1.54, 1.807) is 6.07 Å². The van der Waals surface area contributed by atoms with Gasteiger partial charge in [-0.25, -0.2) is 4.98 Å². The summed E-state index contributed by atoms with van der Waals surface area (Å²) >= 11 is 5.88. The van der Waals surface area contributed by atoms with Gasteiger partial charge in [-0.05, 0) is 25.3 Å². The molecule has 5 heteroatoms. The molecule has 0 aromatic carbocycles. The number of nitrogens with zero attached hydrogens (tertiary/aromatic N) is 1. The summed E-state index contributed by atoms with van der Waals surface area (Å²) in [6.07, 6.45) is 3.47. The van der Waals surface area contributed by atoms with Crippen molar-refractivity contribution in [2.45, 2.75) is 39.7 Å². The highest BCUT2D eigenvalue weighted by Gasteiger charge is 2.15. The van der Waals surface area contributed by atoms with E-state index < -0.39 is 0 Å². The fourth-order valence-corrected chi connectivity index (χ4v) is 1.94. The fourth-order valence-electron chi connectivity index (χ4n) is 1.75. The Balaban J connectivity index is 2.67. The highest BCUT2D eigenvalue weighted by atomic mass is 35.5. The maximum atomic E-state index is 12.0. The summed E-state index contributed by atoms with van der Waals surface area (Å²) in [5.41, 5.74) is 6.35. The number of anilines is 1. The molecule has 4 nitrogen and oxygen atoms in total. The lowest BCUT2D eigenvalue weighted by atomic mass is 10.0. The number of carbonyl (C=O) groups excluding carboxylic acids is 1. The number of amides is 1. The van der Waals surface area contributed by atoms with Gasteiger partial charge < -0.3 is 11.1 Å². The molecule has 1 rings (SSSR count). The number of hydrogen-bond acceptors (Lipinski definition) is 3. The zero-order valence-corrected chi connectivity index (χ0v) is 11.8. The zero-order valence-electron chi connectivity index (χ0n) is 11.0. The first-order chi connectivity index (χ1) is 8.43. The number of nitrogen functional groups attached to an aromatic ring is 1. The summed E-state index contributed by atoms with van der Waals surface area (Å²) in [5.74, 6) is 0.352. The number of carbonyl (C=O) groups is 1. The van der Waals surface area contributed by atoms with Crippen LogP contribution < -0.4 is 11.1 Å². The molecule has 100 valence electrons. The van der Waals surface area contributed by atoms with Crippen LogP contribution in [0.4, 0.5) is 5.69 Å². The van der Waals surface area contributed by atoms with Crippen molar-refractivity contribution in [2.75, 3.05) is 5.73 Å². The summed E-state index contributed by atoms with van der Waals surface area (Å²) in [4.78, 5) is 15.9. The van der Waals surface area contributed by atoms with Crippen molar-refractivity contribution in [3.63, 3.8) is 0 Å². The molecular formula is C13H20ClN3O. The van der Waals surface area contributed by atoms with Gasteiger partial charge in [0.25, 0.3) is 5.91 Å². The second-order valence-electron chi connectivity index (χ2n) is 4.73. The molecule has 1 heterocycles. The van der Waals surface area contributed by atoms with Crippen molar-refractivity contribution in [2.24, 2.45) is 5.92 Å². The lowest BCUT2D eigenvalue weighted by Crippen LogP contribution is -2.34. The van der Waals surface area contributed by atoms with E-state index in [1.165, 1.54) is 6.20 Å². The van der Waals surface area contributed by atoms with Crippen molar-refractivity contribution in [1.82, 2.24) is 10.3 Å². The number of rotatable bonds is 5. The number of pyridine rings is 1. The SMILES string of the molecule is CCC(C)CC(C)NC(=O)c1cc(N)cnc1Cl. The van der Waals surface area contributed by atoms with Gasteiger partial charge in [0.15, 0.2) is 0 Å². The van der Waals surface area contributed by atoms with Gasteiger partial charge >= 0.3 is 0 Å². The van der Waals surface area contributed by atoms with Crippen LogP contribution in [0.5, 0.6) is 0 Å². The van der Waals surface area contributed by atoms with Crippen molar-refractivity contribution >= 4 is 23.2 Å². The minimum Gasteiger partial charge on any atom is -0.397 e. The van der Waals surface area contributed by atoms with Gasteiger partial charge in [0.1, 0.15) is 5.15 Å². The maximum Gasteiger partial charge on any atom is 0.254 e. The molecule has 18 heavy (non-hydrogen) atoms. The van der Waals surface area contributed by atoms with Gasteiger partial charge in [0.2, 0.25) is 0 Å². The smallest absolute Gasteiger partial charge is 0.254 e. The minimum atomic E-state index is -0.226. The van der Waals surface area contributed by atoms with Crippen molar-refractivity contribution in [1.29, 1.82) is 0 Å². The van der Waals surface area contributed by atoms with Crippen molar-refractivity contribution < 1.29 is 4.79 Å². The first-order valence-corrected chi connectivity index (χ1v) is 6.53. The average Bonchev–Trinajstić information content (AvgIpc) is 2.31. The Labute approximate surface area is 113 Å². The summed E-state index contributed by atoms with van der Waals surface area (Å²) in [7, 11) is 0. The van der Waals surface area contributed by atoms with Crippen LogP contribution in [-0.2, 0) is 0 Å². The Kier molecular flexibility index (Phi) is 5.41. The summed E-state index contributed by atoms with van der Waals surface area (Å²) < 4.78 is 0. The lowest BCUT2D eigenvalue weighted by molar-refractivity contribution is 0.0935. The van der Waals surface area contributed by atoms with Crippen LogP contribution in [0.3, 0.4) is 0 Å². The van der Waals surface area contributed by atoms with Gasteiger partial charge in [-0.15, -0.1) is 0 Å². The molecule has 0 saturated heterocycles. The lowest BCUT2D eigenvalue weighted by Gasteiger charge is -2.17. The highest BCUT2D eigenvalue weighted by molar-refractivity contribution is 6.32. The third kappa shape index (κ3) is 4.18. The van der Waals surface area contributed by atoms with Crippen LogP contribution in [-0.4, -0.2) is 16.9 Å². The second kappa shape index (κ2) is 6.59. The molecule has 3 N–H and O–H groups in total. The number of hydrogen-bond donors (Lipinski definition) is 2. The van der Waals surface area contributed by atoms with E-state index in [0.29, 0.717) is 17.2 Å². The second-order valence-corrected chi connectivity index (χ2v) is 5.09. The van der Waals surface area contributed by atoms with E-state index in [1.807, 2.05) is 6.92 Å². The Morgan fingerprint density at radius 1 is 1.56 bits per heavy atom. The van der Waals surface area contributed by atoms with Crippen LogP contribution in [0.2, 0.25) is 5.15 Å². The molecule has 2 unspecified atom stereocenters. The average molecular weight is 270 g/mol. The van der Waals surface area contributed by atoms with Crippen molar-refractivity contribution in [3.05, 3.63) is 23.0 Å². The Morgan fingerprint density at radius 3 is 2.83 bits per heavy atom. The van der Waals surface area contributed by atoms with E-state index in [2.05, 4.69) is 24.1 Å². The number of halogens is 1. The highest BCUT2D eigenvalue weighted by Crippen LogP contribution is 2.16. The molecule has 0 radical (unpaired) electrons. The standard InChI is InChI=1S/C13H20ClN3O/c1-4-8(2)5-9(3)17-13(18)11-6-10(15)7-16-12(11)14/h6-9H,4-5,15H2,1-3H3,(H,17,18). The summed E-state index contributed by atoms with van der Waals surface area (Å²) in [5, 5.41) is 3.09. The molecule has 0 bridgehead atoms. The first-order valence-electron chi connectivity index (χ1n) is 6.15. The van der Waals surface area contributed by atoms with E-state index in [9.17, 15) is 4.79 Å². The van der Waals surface area contributed by atoms with E-state index in [4.69, 9.17) is 17.3 Å². The van der Waals surface area contributed by atoms with Gasteiger partial charge in [-0.1, -0.05) is 31.9 Å². The van der Waals surface area contributed by atoms with E-state index in [0.717, 1.165) is 12.8 Å². The molecule has 0 saturated carbocycles. The summed E-state index contributed by atoms with van der Waals surface area (Å²) in [6.45, 7) is 6.28. The normalized spacial score (nSPS) is 14.0. The molecule has 2 atom stereocenters. The predicted octanol–water partition coefficient (Wildman–Crippen LogP) is 2.87. The maximum absolute atomic E-state index is 12.0. The Morgan fingerprint density at radius 2 is 2.22 bits per heavy atom. The van der Waals surface area contributed by atoms with Crippen LogP contribution in [0.15, 0.2) is 12.3 Å². The zero-order chi connectivity index (χ0) is 13.7. The molecule has 0 aliphatic carbocycles. The topological polar surface area (TPSA) is 68.0 Å². The third-order valence-corrected chi connectivity index (χ3v) is 3.24. The number of nitrogens with one attached hydrogen (secondary N) is 1. The van der Waals surface area contributed by atoms with Crippen LogP contribution in [0, 0.1) is 5.92 Å². The Bertz CT molecular complexity index is 423. The van der Waals surface area contributed by atoms with Gasteiger partial charge in [-0.3, -0.25) is 4.79 Å². The van der Waals surface area contributed by atoms with Gasteiger partial charge in [0.05, 0.1) is 17.4 Å². The molecule has 0 spiro atoms. The monoisotopic (exact) mass is 269 g/mol. The van der Waals surface area contributed by atoms with Crippen LogP contribution in [0.1, 0.15) is 44.0 Å². The van der Waals surface area contributed by atoms with Gasteiger partial charge in [-0.2, -0.15) is 0 Å². The summed E-state index contributed by atoms with van der Waals surface area (Å²) in [6, 6.07) is 1.64. The molecule has 1 aromatic heterocycles. The quantitative estimate of drug-likeness (QED) is 0.808. The van der Waals surface area contributed by atoms with Crippen LogP contribution >= 0.6 is 11.6 Å². The molecule has 1 aromatic rings. The largest absolute Gasteiger partial charge is 0.397 e. The van der Waals surface area contributed by atoms with Gasteiger partial charge in [0, 0.05) is 6.04 Å². The number of aromatic nitrogens is 1.